The molecule has 0 saturated carbocycles. The van der Waals surface area contributed by atoms with E-state index in [1.165, 1.54) is 11.3 Å². The van der Waals surface area contributed by atoms with Crippen molar-refractivity contribution in [2.24, 2.45) is 0 Å². The molecule has 100 valence electrons. The molecule has 1 fully saturated rings. The molecule has 1 aliphatic rings. The van der Waals surface area contributed by atoms with Crippen molar-refractivity contribution < 1.29 is 13.2 Å². The van der Waals surface area contributed by atoms with Gasteiger partial charge < -0.3 is 4.90 Å². The van der Waals surface area contributed by atoms with Gasteiger partial charge in [-0.1, -0.05) is 0 Å². The zero-order chi connectivity index (χ0) is 13.3. The lowest BCUT2D eigenvalue weighted by molar-refractivity contribution is 0.0709. The molecule has 1 aromatic rings. The Balaban J connectivity index is 2.17. The Labute approximate surface area is 124 Å². The van der Waals surface area contributed by atoms with Gasteiger partial charge in [0.1, 0.15) is 0 Å². The molecular weight excluding hydrogens is 385 g/mol. The van der Waals surface area contributed by atoms with Gasteiger partial charge in [0.25, 0.3) is 5.91 Å². The van der Waals surface area contributed by atoms with E-state index in [1.807, 2.05) is 18.4 Å². The quantitative estimate of drug-likeness (QED) is 0.731. The van der Waals surface area contributed by atoms with Crippen LogP contribution >= 0.6 is 33.9 Å². The first kappa shape index (κ1) is 14.3. The minimum atomic E-state index is -2.95. The van der Waals surface area contributed by atoms with Gasteiger partial charge in [0.2, 0.25) is 0 Å². The van der Waals surface area contributed by atoms with E-state index >= 15 is 0 Å². The molecule has 1 amide bonds. The molecule has 1 atom stereocenters. The van der Waals surface area contributed by atoms with Crippen LogP contribution in [0, 0.1) is 2.88 Å². The van der Waals surface area contributed by atoms with Crippen molar-refractivity contribution in [2.45, 2.75) is 19.4 Å². The van der Waals surface area contributed by atoms with Crippen LogP contribution in [0.2, 0.25) is 0 Å². The highest BCUT2D eigenvalue weighted by molar-refractivity contribution is 14.1. The number of carbonyl (C=O) groups is 1. The molecular formula is C11H14INO3S2. The van der Waals surface area contributed by atoms with Gasteiger partial charge in [0.15, 0.2) is 9.84 Å². The fourth-order valence-electron chi connectivity index (χ4n) is 2.18. The third-order valence-electron chi connectivity index (χ3n) is 3.07. The number of carbonyl (C=O) groups excluding carboxylic acids is 1. The van der Waals surface area contributed by atoms with Crippen molar-refractivity contribution in [2.75, 3.05) is 18.1 Å². The molecule has 0 aromatic carbocycles. The van der Waals surface area contributed by atoms with E-state index in [0.29, 0.717) is 18.5 Å². The Kier molecular flexibility index (Phi) is 4.32. The molecule has 4 nitrogen and oxygen atoms in total. The van der Waals surface area contributed by atoms with Crippen LogP contribution in [0.1, 0.15) is 23.7 Å². The normalized spacial score (nSPS) is 22.0. The molecule has 1 saturated heterocycles. The third-order valence-corrected chi connectivity index (χ3v) is 6.60. The van der Waals surface area contributed by atoms with Gasteiger partial charge in [-0.15, -0.1) is 11.3 Å². The summed E-state index contributed by atoms with van der Waals surface area (Å²) < 4.78 is 24.0. The first-order chi connectivity index (χ1) is 8.43. The number of halogens is 1. The second kappa shape index (κ2) is 5.46. The van der Waals surface area contributed by atoms with Crippen LogP contribution < -0.4 is 0 Å². The summed E-state index contributed by atoms with van der Waals surface area (Å²) in [6, 6.07) is 1.68. The molecule has 1 aromatic heterocycles. The Bertz CT molecular complexity index is 552. The summed E-state index contributed by atoms with van der Waals surface area (Å²) in [7, 11) is -2.95. The highest BCUT2D eigenvalue weighted by Gasteiger charge is 2.34. The maximum absolute atomic E-state index is 12.3. The number of hydrogen-bond acceptors (Lipinski definition) is 4. The monoisotopic (exact) mass is 399 g/mol. The Morgan fingerprint density at radius 3 is 2.78 bits per heavy atom. The van der Waals surface area contributed by atoms with Crippen LogP contribution in [-0.2, 0) is 9.84 Å². The highest BCUT2D eigenvalue weighted by atomic mass is 127. The van der Waals surface area contributed by atoms with E-state index in [4.69, 9.17) is 0 Å². The fraction of sp³-hybridized carbons (Fsp3) is 0.545. The molecule has 1 unspecified atom stereocenters. The number of hydrogen-bond donors (Lipinski definition) is 0. The van der Waals surface area contributed by atoms with E-state index in [0.717, 1.165) is 2.88 Å². The predicted molar refractivity (Wildman–Crippen MR) is 80.8 cm³/mol. The second-order valence-electron chi connectivity index (χ2n) is 4.29. The standard InChI is InChI=1S/C11H14INO3S2/c1-2-13(9-3-4-18(15,16)7-9)11(14)8-5-10(12)17-6-8/h5-6,9H,2-4,7H2,1H3. The maximum atomic E-state index is 12.3. The lowest BCUT2D eigenvalue weighted by atomic mass is 10.2. The molecule has 0 N–H and O–H groups in total. The average molecular weight is 399 g/mol. The molecule has 1 aliphatic heterocycles. The smallest absolute Gasteiger partial charge is 0.255 e. The van der Waals surface area contributed by atoms with Crippen molar-refractivity contribution in [3.05, 3.63) is 19.9 Å². The van der Waals surface area contributed by atoms with Gasteiger partial charge in [-0.05, 0) is 42.0 Å². The lowest BCUT2D eigenvalue weighted by Gasteiger charge is -2.26. The summed E-state index contributed by atoms with van der Waals surface area (Å²) in [5.41, 5.74) is 0.663. The summed E-state index contributed by atoms with van der Waals surface area (Å²) >= 11 is 3.70. The van der Waals surface area contributed by atoms with Crippen LogP contribution in [0.15, 0.2) is 11.4 Å². The lowest BCUT2D eigenvalue weighted by Crippen LogP contribution is -2.40. The van der Waals surface area contributed by atoms with E-state index in [2.05, 4.69) is 22.6 Å². The fourth-order valence-corrected chi connectivity index (χ4v) is 5.23. The molecule has 0 spiro atoms. The van der Waals surface area contributed by atoms with Crippen molar-refractivity contribution in [3.63, 3.8) is 0 Å². The third kappa shape index (κ3) is 3.05. The number of thiophene rings is 1. The number of nitrogens with zero attached hydrogens (tertiary/aromatic N) is 1. The van der Waals surface area contributed by atoms with Crippen LogP contribution in [0.25, 0.3) is 0 Å². The Hall–Kier alpha value is -0.150. The van der Waals surface area contributed by atoms with Gasteiger partial charge in [0, 0.05) is 18.0 Å². The van der Waals surface area contributed by atoms with Crippen molar-refractivity contribution in [1.82, 2.24) is 4.90 Å². The van der Waals surface area contributed by atoms with Gasteiger partial charge in [-0.3, -0.25) is 4.79 Å². The molecule has 2 heterocycles. The summed E-state index contributed by atoms with van der Waals surface area (Å²) in [6.07, 6.45) is 0.559. The van der Waals surface area contributed by atoms with E-state index in [-0.39, 0.29) is 23.5 Å². The molecule has 7 heteroatoms. The van der Waals surface area contributed by atoms with Crippen LogP contribution in [-0.4, -0.2) is 43.3 Å². The van der Waals surface area contributed by atoms with Crippen molar-refractivity contribution in [1.29, 1.82) is 0 Å². The highest BCUT2D eigenvalue weighted by Crippen LogP contribution is 2.22. The summed E-state index contributed by atoms with van der Waals surface area (Å²) in [6.45, 7) is 2.44. The minimum absolute atomic E-state index is 0.0567. The predicted octanol–water partition coefficient (Wildman–Crippen LogP) is 2.00. The van der Waals surface area contributed by atoms with E-state index in [9.17, 15) is 13.2 Å². The van der Waals surface area contributed by atoms with E-state index in [1.54, 1.807) is 4.90 Å². The van der Waals surface area contributed by atoms with Crippen molar-refractivity contribution >= 4 is 49.7 Å². The second-order valence-corrected chi connectivity index (χ2v) is 9.32. The molecule has 0 radical (unpaired) electrons. The van der Waals surface area contributed by atoms with Gasteiger partial charge in [-0.2, -0.15) is 0 Å². The summed E-state index contributed by atoms with van der Waals surface area (Å²) in [5, 5.41) is 1.83. The van der Waals surface area contributed by atoms with Gasteiger partial charge >= 0.3 is 0 Å². The van der Waals surface area contributed by atoms with Gasteiger partial charge in [-0.25, -0.2) is 8.42 Å². The molecule has 18 heavy (non-hydrogen) atoms. The minimum Gasteiger partial charge on any atom is -0.335 e. The van der Waals surface area contributed by atoms with Crippen molar-refractivity contribution in [3.8, 4) is 0 Å². The Morgan fingerprint density at radius 2 is 2.33 bits per heavy atom. The number of rotatable bonds is 3. The average Bonchev–Trinajstić information content (AvgIpc) is 2.86. The summed E-state index contributed by atoms with van der Waals surface area (Å²) in [5.74, 6) is 0.245. The van der Waals surface area contributed by atoms with Crippen LogP contribution in [0.3, 0.4) is 0 Å². The zero-order valence-corrected chi connectivity index (χ0v) is 13.7. The number of sulfone groups is 1. The maximum Gasteiger partial charge on any atom is 0.255 e. The molecule has 0 aliphatic carbocycles. The van der Waals surface area contributed by atoms with Gasteiger partial charge in [0.05, 0.1) is 20.0 Å². The van der Waals surface area contributed by atoms with Crippen LogP contribution in [0.5, 0.6) is 0 Å². The first-order valence-electron chi connectivity index (χ1n) is 5.68. The largest absolute Gasteiger partial charge is 0.335 e. The molecule has 0 bridgehead atoms. The SMILES string of the molecule is CCN(C(=O)c1csc(I)c1)C1CCS(=O)(=O)C1. The number of amides is 1. The zero-order valence-electron chi connectivity index (χ0n) is 9.93. The first-order valence-corrected chi connectivity index (χ1v) is 9.46. The van der Waals surface area contributed by atoms with E-state index < -0.39 is 9.84 Å². The molecule has 2 rings (SSSR count). The van der Waals surface area contributed by atoms with Crippen LogP contribution in [0.4, 0.5) is 0 Å². The summed E-state index contributed by atoms with van der Waals surface area (Å²) in [4.78, 5) is 14.0. The topological polar surface area (TPSA) is 54.5 Å². The Morgan fingerprint density at radius 1 is 1.61 bits per heavy atom.